The molecule has 2 rings (SSSR count). The summed E-state index contributed by atoms with van der Waals surface area (Å²) in [4.78, 5) is 25.2. The van der Waals surface area contributed by atoms with Crippen LogP contribution in [0.2, 0.25) is 18.1 Å². The van der Waals surface area contributed by atoms with Crippen molar-refractivity contribution in [3.63, 3.8) is 0 Å². The van der Waals surface area contributed by atoms with Crippen LogP contribution in [0.15, 0.2) is 0 Å². The third-order valence-corrected chi connectivity index (χ3v) is 10.7. The molecule has 0 amide bonds. The minimum atomic E-state index is -1.89. The maximum absolute atomic E-state index is 12.9. The summed E-state index contributed by atoms with van der Waals surface area (Å²) >= 11 is 0. The van der Waals surface area contributed by atoms with E-state index in [1.54, 1.807) is 0 Å². The molecule has 0 N–H and O–H groups in total. The first kappa shape index (κ1) is 18.8. The second kappa shape index (κ2) is 6.11. The molecule has 23 heavy (non-hydrogen) atoms. The van der Waals surface area contributed by atoms with Crippen LogP contribution in [0.25, 0.3) is 0 Å². The van der Waals surface area contributed by atoms with Crippen molar-refractivity contribution in [2.75, 3.05) is 0 Å². The van der Waals surface area contributed by atoms with E-state index >= 15 is 0 Å². The van der Waals surface area contributed by atoms with Crippen LogP contribution >= 0.6 is 0 Å². The van der Waals surface area contributed by atoms with Crippen molar-refractivity contribution in [2.45, 2.75) is 91.0 Å². The van der Waals surface area contributed by atoms with Gasteiger partial charge in [0.2, 0.25) is 0 Å². The SMILES string of the molecule is CC1(C)CC(=O)C[C@@H]2CCC(O[Si](C)(C)C(C)(C)C)[C@@H]2C(=O)C1. The number of fused-ring (bicyclic) bond motifs is 1. The molecule has 2 aliphatic carbocycles. The standard InChI is InChI=1S/C19H34O3Si/c1-18(2,3)23(6,7)22-16-9-8-13-10-14(20)11-19(4,5)12-15(21)17(13)16/h13,16-17H,8-12H2,1-7H3/t13-,16?,17-/m0/s1. The molecule has 3 atom stereocenters. The van der Waals surface area contributed by atoms with E-state index in [2.05, 4.69) is 33.9 Å². The molecule has 0 aromatic rings. The van der Waals surface area contributed by atoms with Crippen molar-refractivity contribution in [1.29, 1.82) is 0 Å². The van der Waals surface area contributed by atoms with E-state index in [0.717, 1.165) is 12.8 Å². The zero-order valence-electron chi connectivity index (χ0n) is 16.0. The Morgan fingerprint density at radius 2 is 1.70 bits per heavy atom. The highest BCUT2D eigenvalue weighted by molar-refractivity contribution is 6.74. The van der Waals surface area contributed by atoms with Crippen molar-refractivity contribution < 1.29 is 14.0 Å². The maximum Gasteiger partial charge on any atom is 0.192 e. The van der Waals surface area contributed by atoms with E-state index in [0.29, 0.717) is 30.8 Å². The predicted molar refractivity (Wildman–Crippen MR) is 95.9 cm³/mol. The smallest absolute Gasteiger partial charge is 0.192 e. The maximum atomic E-state index is 12.9. The van der Waals surface area contributed by atoms with E-state index in [-0.39, 0.29) is 28.4 Å². The Balaban J connectivity index is 2.22. The summed E-state index contributed by atoms with van der Waals surface area (Å²) in [6, 6.07) is 0. The molecule has 3 nitrogen and oxygen atoms in total. The molecule has 0 saturated heterocycles. The average molecular weight is 339 g/mol. The number of carbonyl (C=O) groups excluding carboxylic acids is 2. The van der Waals surface area contributed by atoms with E-state index in [1.165, 1.54) is 0 Å². The van der Waals surface area contributed by atoms with Gasteiger partial charge in [-0.25, -0.2) is 0 Å². The zero-order chi connectivity index (χ0) is 17.6. The molecular weight excluding hydrogens is 304 g/mol. The molecule has 0 radical (unpaired) electrons. The van der Waals surface area contributed by atoms with Crippen LogP contribution in [0.4, 0.5) is 0 Å². The molecule has 0 bridgehead atoms. The van der Waals surface area contributed by atoms with E-state index in [1.807, 2.05) is 13.8 Å². The quantitative estimate of drug-likeness (QED) is 0.682. The Bertz CT molecular complexity index is 487. The Morgan fingerprint density at radius 1 is 1.09 bits per heavy atom. The molecule has 2 saturated carbocycles. The van der Waals surface area contributed by atoms with E-state index in [4.69, 9.17) is 4.43 Å². The topological polar surface area (TPSA) is 43.4 Å². The van der Waals surface area contributed by atoms with Gasteiger partial charge in [-0.1, -0.05) is 34.6 Å². The minimum Gasteiger partial charge on any atom is -0.413 e. The lowest BCUT2D eigenvalue weighted by Crippen LogP contribution is -2.47. The van der Waals surface area contributed by atoms with Crippen LogP contribution in [0.1, 0.15) is 66.7 Å². The summed E-state index contributed by atoms with van der Waals surface area (Å²) in [6.45, 7) is 15.3. The van der Waals surface area contributed by atoms with Crippen LogP contribution in [0, 0.1) is 17.3 Å². The molecule has 0 aromatic carbocycles. The molecule has 1 unspecified atom stereocenters. The van der Waals surface area contributed by atoms with Gasteiger partial charge in [-0.3, -0.25) is 9.59 Å². The predicted octanol–water partition coefficient (Wildman–Crippen LogP) is 4.75. The van der Waals surface area contributed by atoms with Gasteiger partial charge in [-0.05, 0) is 42.3 Å². The Kier molecular flexibility index (Phi) is 5.00. The first-order valence-electron chi connectivity index (χ1n) is 9.05. The lowest BCUT2D eigenvalue weighted by Gasteiger charge is -2.41. The third-order valence-electron chi connectivity index (χ3n) is 6.17. The monoisotopic (exact) mass is 338 g/mol. The highest BCUT2D eigenvalue weighted by Crippen LogP contribution is 2.46. The summed E-state index contributed by atoms with van der Waals surface area (Å²) in [5.74, 6) is 0.799. The van der Waals surface area contributed by atoms with E-state index < -0.39 is 8.32 Å². The number of rotatable bonds is 2. The first-order chi connectivity index (χ1) is 10.3. The van der Waals surface area contributed by atoms with Crippen molar-refractivity contribution >= 4 is 19.9 Å². The number of ketones is 2. The van der Waals surface area contributed by atoms with Crippen LogP contribution in [0.3, 0.4) is 0 Å². The Labute approximate surface area is 142 Å². The Morgan fingerprint density at radius 3 is 2.26 bits per heavy atom. The van der Waals surface area contributed by atoms with Crippen molar-refractivity contribution in [2.24, 2.45) is 17.3 Å². The van der Waals surface area contributed by atoms with Crippen LogP contribution in [-0.2, 0) is 14.0 Å². The lowest BCUT2D eigenvalue weighted by atomic mass is 9.72. The summed E-state index contributed by atoms with van der Waals surface area (Å²) in [6.07, 6.45) is 3.53. The molecule has 132 valence electrons. The first-order valence-corrected chi connectivity index (χ1v) is 12.0. The number of hydrogen-bond donors (Lipinski definition) is 0. The zero-order valence-corrected chi connectivity index (χ0v) is 17.0. The largest absolute Gasteiger partial charge is 0.413 e. The molecular formula is C19H34O3Si. The van der Waals surface area contributed by atoms with Gasteiger partial charge in [0.25, 0.3) is 0 Å². The van der Waals surface area contributed by atoms with Crippen molar-refractivity contribution in [3.8, 4) is 0 Å². The van der Waals surface area contributed by atoms with Crippen molar-refractivity contribution in [3.05, 3.63) is 0 Å². The fourth-order valence-corrected chi connectivity index (χ4v) is 5.35. The number of carbonyl (C=O) groups is 2. The van der Waals surface area contributed by atoms with Gasteiger partial charge < -0.3 is 4.43 Å². The van der Waals surface area contributed by atoms with Crippen LogP contribution < -0.4 is 0 Å². The summed E-state index contributed by atoms with van der Waals surface area (Å²) < 4.78 is 6.61. The number of hydrogen-bond acceptors (Lipinski definition) is 3. The van der Waals surface area contributed by atoms with Gasteiger partial charge in [-0.15, -0.1) is 0 Å². The van der Waals surface area contributed by atoms with Gasteiger partial charge in [-0.2, -0.15) is 0 Å². The second-order valence-corrected chi connectivity index (χ2v) is 14.8. The minimum absolute atomic E-state index is 0.0232. The second-order valence-electron chi connectivity index (χ2n) is 10.0. The normalized spacial score (nSPS) is 32.4. The molecule has 0 heterocycles. The molecule has 0 aliphatic heterocycles. The molecule has 2 fully saturated rings. The molecule has 0 spiro atoms. The highest BCUT2D eigenvalue weighted by Gasteiger charge is 2.49. The molecule has 4 heteroatoms. The van der Waals surface area contributed by atoms with Crippen molar-refractivity contribution in [1.82, 2.24) is 0 Å². The van der Waals surface area contributed by atoms with Gasteiger partial charge in [0.1, 0.15) is 11.6 Å². The average Bonchev–Trinajstić information content (AvgIpc) is 2.66. The highest BCUT2D eigenvalue weighted by atomic mass is 28.4. The fraction of sp³-hybridized carbons (Fsp3) is 0.895. The third kappa shape index (κ3) is 4.14. The van der Waals surface area contributed by atoms with Crippen LogP contribution in [-0.4, -0.2) is 26.0 Å². The van der Waals surface area contributed by atoms with Gasteiger partial charge in [0, 0.05) is 25.2 Å². The van der Waals surface area contributed by atoms with Gasteiger partial charge >= 0.3 is 0 Å². The Hall–Kier alpha value is -0.483. The fourth-order valence-electron chi connectivity index (χ4n) is 3.98. The molecule has 0 aromatic heterocycles. The summed E-state index contributed by atoms with van der Waals surface area (Å²) in [5, 5.41) is 0.144. The van der Waals surface area contributed by atoms with Gasteiger partial charge in [0.05, 0.1) is 6.10 Å². The summed E-state index contributed by atoms with van der Waals surface area (Å²) in [7, 11) is -1.89. The van der Waals surface area contributed by atoms with Crippen LogP contribution in [0.5, 0.6) is 0 Å². The lowest BCUT2D eigenvalue weighted by molar-refractivity contribution is -0.133. The van der Waals surface area contributed by atoms with Gasteiger partial charge in [0.15, 0.2) is 8.32 Å². The molecule has 2 aliphatic rings. The summed E-state index contributed by atoms with van der Waals surface area (Å²) in [5.41, 5.74) is -0.205. The number of Topliss-reactive ketones (excluding diaryl/α,β-unsaturated/α-hetero) is 2. The van der Waals surface area contributed by atoms with E-state index in [9.17, 15) is 9.59 Å².